The van der Waals surface area contributed by atoms with Crippen LogP contribution in [0.3, 0.4) is 0 Å². The number of hydrogen-bond acceptors (Lipinski definition) is 9. The van der Waals surface area contributed by atoms with Gasteiger partial charge in [-0.1, -0.05) is 108 Å². The molecule has 0 N–H and O–H groups in total. The SMILES string of the molecule is c1ccc2cc(N(c3ccc4c(c3)oc3ccccc34)c3ncc4c(n3)sc3nc(N(c5ccc6ccccc6c5)c5ccc6c(c5)oc5ccccc56)ncc34)ccc2c1. The average molecular weight is 803 g/mol. The second-order valence-electron chi connectivity index (χ2n) is 15.2. The van der Waals surface area contributed by atoms with Crippen molar-refractivity contribution in [2.45, 2.75) is 0 Å². The maximum absolute atomic E-state index is 6.36. The van der Waals surface area contributed by atoms with Gasteiger partial charge in [-0.05, 0) is 82.2 Å². The average Bonchev–Trinajstić information content (AvgIpc) is 3.99. The maximum atomic E-state index is 6.36. The molecule has 8 nitrogen and oxygen atoms in total. The third kappa shape index (κ3) is 5.45. The first-order valence-electron chi connectivity index (χ1n) is 20.0. The molecular weight excluding hydrogens is 773 g/mol. The lowest BCUT2D eigenvalue weighted by molar-refractivity contribution is 0.668. The Morgan fingerprint density at radius 2 is 0.738 bits per heavy atom. The minimum Gasteiger partial charge on any atom is -0.456 e. The van der Waals surface area contributed by atoms with E-state index in [0.717, 1.165) is 109 Å². The first-order chi connectivity index (χ1) is 30.2. The quantitative estimate of drug-likeness (QED) is 0.164. The number of aromatic nitrogens is 4. The summed E-state index contributed by atoms with van der Waals surface area (Å²) in [6.07, 6.45) is 3.79. The van der Waals surface area contributed by atoms with Crippen LogP contribution in [0.1, 0.15) is 0 Å². The molecule has 5 heterocycles. The van der Waals surface area contributed by atoms with E-state index in [-0.39, 0.29) is 0 Å². The fourth-order valence-electron chi connectivity index (χ4n) is 8.65. The molecule has 0 fully saturated rings. The third-order valence-electron chi connectivity index (χ3n) is 11.6. The van der Waals surface area contributed by atoms with Crippen molar-refractivity contribution in [3.63, 3.8) is 0 Å². The van der Waals surface area contributed by atoms with Crippen molar-refractivity contribution in [1.82, 2.24) is 19.9 Å². The Morgan fingerprint density at radius 3 is 1.23 bits per heavy atom. The van der Waals surface area contributed by atoms with E-state index < -0.39 is 0 Å². The van der Waals surface area contributed by atoms with E-state index in [4.69, 9.17) is 28.8 Å². The minimum atomic E-state index is 0.537. The van der Waals surface area contributed by atoms with Gasteiger partial charge in [-0.2, -0.15) is 0 Å². The van der Waals surface area contributed by atoms with Crippen LogP contribution in [0.4, 0.5) is 34.6 Å². The number of para-hydroxylation sites is 2. The van der Waals surface area contributed by atoms with E-state index in [1.165, 1.54) is 11.3 Å². The van der Waals surface area contributed by atoms with Crippen molar-refractivity contribution in [1.29, 1.82) is 0 Å². The van der Waals surface area contributed by atoms with Gasteiger partial charge in [0, 0.05) is 68.2 Å². The molecule has 0 saturated carbocycles. The topological polar surface area (TPSA) is 84.3 Å². The van der Waals surface area contributed by atoms with Crippen molar-refractivity contribution in [3.8, 4) is 0 Å². The molecule has 0 spiro atoms. The van der Waals surface area contributed by atoms with Gasteiger partial charge >= 0.3 is 0 Å². The van der Waals surface area contributed by atoms with Crippen LogP contribution in [0.5, 0.6) is 0 Å². The molecular formula is C52H30N6O2S. The molecule has 0 bridgehead atoms. The summed E-state index contributed by atoms with van der Waals surface area (Å²) >= 11 is 1.53. The molecule has 8 aromatic carbocycles. The molecule has 61 heavy (non-hydrogen) atoms. The highest BCUT2D eigenvalue weighted by Crippen LogP contribution is 2.42. The summed E-state index contributed by atoms with van der Waals surface area (Å²) in [4.78, 5) is 26.4. The van der Waals surface area contributed by atoms with Gasteiger partial charge < -0.3 is 8.83 Å². The van der Waals surface area contributed by atoms with Gasteiger partial charge in [0.25, 0.3) is 0 Å². The number of fused-ring (bicyclic) bond motifs is 11. The minimum absolute atomic E-state index is 0.537. The number of rotatable bonds is 6. The van der Waals surface area contributed by atoms with E-state index in [2.05, 4.69) is 143 Å². The first-order valence-corrected chi connectivity index (χ1v) is 20.8. The highest BCUT2D eigenvalue weighted by atomic mass is 32.1. The van der Waals surface area contributed by atoms with Gasteiger partial charge in [-0.3, -0.25) is 9.80 Å². The molecule has 13 aromatic rings. The van der Waals surface area contributed by atoms with Crippen LogP contribution in [0.25, 0.3) is 85.9 Å². The summed E-state index contributed by atoms with van der Waals surface area (Å²) in [6.45, 7) is 0. The Balaban J connectivity index is 0.961. The van der Waals surface area contributed by atoms with E-state index in [1.807, 2.05) is 48.8 Å². The summed E-state index contributed by atoms with van der Waals surface area (Å²) in [5.41, 5.74) is 6.94. The largest absolute Gasteiger partial charge is 0.456 e. The summed E-state index contributed by atoms with van der Waals surface area (Å²) in [5, 5.41) is 10.6. The predicted octanol–water partition coefficient (Wildman–Crippen LogP) is 14.7. The molecule has 9 heteroatoms. The van der Waals surface area contributed by atoms with Crippen LogP contribution in [0, 0.1) is 0 Å². The number of nitrogens with zero attached hydrogens (tertiary/aromatic N) is 6. The van der Waals surface area contributed by atoms with Crippen LogP contribution in [0.15, 0.2) is 191 Å². The first kappa shape index (κ1) is 33.8. The smallest absolute Gasteiger partial charge is 0.235 e. The summed E-state index contributed by atoms with van der Waals surface area (Å²) in [6, 6.07) is 58.5. The zero-order valence-corrected chi connectivity index (χ0v) is 33.0. The standard InChI is InChI=1S/C52H30N6O2S/c1-3-11-33-25-35(19-17-31(33)9-1)57(37-21-23-41-39-13-5-7-15-45(39)59-47(41)27-37)51-53-29-43-44-30-54-52(56-50(44)61-49(43)55-51)58(36-20-18-32-10-2-4-12-34(32)26-36)38-22-24-42-40-14-6-8-16-46(40)60-48(42)28-38/h1-30H. The molecule has 0 saturated heterocycles. The number of benzene rings is 8. The van der Waals surface area contributed by atoms with Gasteiger partial charge in [-0.15, -0.1) is 0 Å². The fraction of sp³-hybridized carbons (Fsp3) is 0. The van der Waals surface area contributed by atoms with Gasteiger partial charge in [0.15, 0.2) is 0 Å². The molecule has 0 unspecified atom stereocenters. The van der Waals surface area contributed by atoms with Crippen LogP contribution in [0.2, 0.25) is 0 Å². The zero-order chi connectivity index (χ0) is 40.0. The van der Waals surface area contributed by atoms with Crippen LogP contribution in [-0.4, -0.2) is 19.9 Å². The Hall–Kier alpha value is -8.14. The Morgan fingerprint density at radius 1 is 0.344 bits per heavy atom. The fourth-order valence-corrected chi connectivity index (χ4v) is 9.63. The van der Waals surface area contributed by atoms with Crippen LogP contribution in [-0.2, 0) is 0 Å². The van der Waals surface area contributed by atoms with Crippen molar-refractivity contribution >= 4 is 132 Å². The lowest BCUT2D eigenvalue weighted by Gasteiger charge is -2.23. The summed E-state index contributed by atoms with van der Waals surface area (Å²) in [7, 11) is 0. The van der Waals surface area contributed by atoms with Crippen molar-refractivity contribution in [2.75, 3.05) is 9.80 Å². The number of furan rings is 2. The molecule has 0 aliphatic carbocycles. The normalized spacial score (nSPS) is 11.9. The lowest BCUT2D eigenvalue weighted by atomic mass is 10.1. The molecule has 13 rings (SSSR count). The monoisotopic (exact) mass is 802 g/mol. The second-order valence-corrected chi connectivity index (χ2v) is 16.1. The van der Waals surface area contributed by atoms with Crippen LogP contribution < -0.4 is 9.80 Å². The van der Waals surface area contributed by atoms with E-state index >= 15 is 0 Å². The van der Waals surface area contributed by atoms with Gasteiger partial charge in [0.2, 0.25) is 11.9 Å². The van der Waals surface area contributed by atoms with E-state index in [9.17, 15) is 0 Å². The number of thiophene rings is 1. The maximum Gasteiger partial charge on any atom is 0.235 e. The molecule has 0 aliphatic rings. The molecule has 0 atom stereocenters. The molecule has 0 aliphatic heterocycles. The Labute approximate surface area is 351 Å². The molecule has 286 valence electrons. The van der Waals surface area contributed by atoms with Gasteiger partial charge in [0.05, 0.1) is 11.4 Å². The van der Waals surface area contributed by atoms with Gasteiger partial charge in [-0.25, -0.2) is 19.9 Å². The highest BCUT2D eigenvalue weighted by molar-refractivity contribution is 7.25. The van der Waals surface area contributed by atoms with Crippen LogP contribution >= 0.6 is 11.3 Å². The Bertz CT molecular complexity index is 3640. The molecule has 5 aromatic heterocycles. The third-order valence-corrected chi connectivity index (χ3v) is 12.6. The second kappa shape index (κ2) is 13.2. The lowest BCUT2D eigenvalue weighted by Crippen LogP contribution is -2.13. The van der Waals surface area contributed by atoms with E-state index in [0.29, 0.717) is 11.9 Å². The van der Waals surface area contributed by atoms with Crippen molar-refractivity contribution < 1.29 is 8.83 Å². The van der Waals surface area contributed by atoms with E-state index in [1.54, 1.807) is 0 Å². The molecule has 0 radical (unpaired) electrons. The summed E-state index contributed by atoms with van der Waals surface area (Å²) in [5.74, 6) is 1.07. The highest BCUT2D eigenvalue weighted by Gasteiger charge is 2.23. The van der Waals surface area contributed by atoms with Crippen molar-refractivity contribution in [3.05, 3.63) is 182 Å². The summed E-state index contributed by atoms with van der Waals surface area (Å²) < 4.78 is 12.7. The van der Waals surface area contributed by atoms with Crippen molar-refractivity contribution in [2.24, 2.45) is 0 Å². The van der Waals surface area contributed by atoms with Gasteiger partial charge in [0.1, 0.15) is 32.0 Å². The predicted molar refractivity (Wildman–Crippen MR) is 249 cm³/mol. The number of anilines is 6. The Kier molecular flexibility index (Phi) is 7.31. The molecule has 0 amide bonds. The number of hydrogen-bond donors (Lipinski definition) is 0. The zero-order valence-electron chi connectivity index (χ0n) is 32.2.